The van der Waals surface area contributed by atoms with Crippen molar-refractivity contribution in [3.63, 3.8) is 0 Å². The van der Waals surface area contributed by atoms with Crippen LogP contribution in [0.4, 0.5) is 8.78 Å². The van der Waals surface area contributed by atoms with E-state index < -0.39 is 23.5 Å². The fourth-order valence-electron chi connectivity index (χ4n) is 1.37. The molecule has 7 heteroatoms. The van der Waals surface area contributed by atoms with Crippen molar-refractivity contribution in [1.82, 2.24) is 5.32 Å². The smallest absolute Gasteiger partial charge is 0.316 e. The first kappa shape index (κ1) is 18.4. The molecule has 0 aliphatic carbocycles. The van der Waals surface area contributed by atoms with Crippen LogP contribution in [0.5, 0.6) is 0 Å². The number of halogens is 2. The largest absolute Gasteiger partial charge is 0.455 e. The lowest BCUT2D eigenvalue weighted by Gasteiger charge is -2.17. The number of nitrogens with one attached hydrogen (secondary N) is 1. The molecule has 0 saturated heterocycles. The minimum atomic E-state index is -0.666. The fourth-order valence-corrected chi connectivity index (χ4v) is 2.13. The molecule has 0 spiro atoms. The number of benzene rings is 1. The van der Waals surface area contributed by atoms with Crippen molar-refractivity contribution in [3.05, 3.63) is 29.8 Å². The molecule has 1 aromatic carbocycles. The molecular formula is C15H19F2NO3S. The SMILES string of the molecule is CC(C)[C@@H](C)NC(=O)COC(=O)CSc1cc(F)ccc1F. The van der Waals surface area contributed by atoms with Crippen LogP contribution in [-0.2, 0) is 14.3 Å². The second-order valence-corrected chi connectivity index (χ2v) is 6.14. The molecule has 0 unspecified atom stereocenters. The molecule has 22 heavy (non-hydrogen) atoms. The van der Waals surface area contributed by atoms with Crippen LogP contribution in [0.1, 0.15) is 20.8 Å². The summed E-state index contributed by atoms with van der Waals surface area (Å²) in [6.45, 7) is 5.39. The molecule has 0 fully saturated rings. The molecule has 1 atom stereocenters. The third-order valence-corrected chi connectivity index (χ3v) is 4.00. The monoisotopic (exact) mass is 331 g/mol. The predicted octanol–water partition coefficient (Wildman–Crippen LogP) is 2.76. The minimum Gasteiger partial charge on any atom is -0.455 e. The Morgan fingerprint density at radius 2 is 1.95 bits per heavy atom. The van der Waals surface area contributed by atoms with Crippen LogP contribution in [-0.4, -0.2) is 30.3 Å². The highest BCUT2D eigenvalue weighted by molar-refractivity contribution is 8.00. The molecular weight excluding hydrogens is 312 g/mol. The molecule has 1 aromatic rings. The van der Waals surface area contributed by atoms with Gasteiger partial charge in [0.15, 0.2) is 6.61 Å². The van der Waals surface area contributed by atoms with Gasteiger partial charge < -0.3 is 10.1 Å². The number of amides is 1. The number of rotatable bonds is 7. The Balaban J connectivity index is 2.35. The number of carbonyl (C=O) groups is 2. The van der Waals surface area contributed by atoms with E-state index >= 15 is 0 Å². The standard InChI is InChI=1S/C15H19F2NO3S/c1-9(2)10(3)18-14(19)7-21-15(20)8-22-13-6-11(16)4-5-12(13)17/h4-6,9-10H,7-8H2,1-3H3,(H,18,19)/t10-/m1/s1. The summed E-state index contributed by atoms with van der Waals surface area (Å²) in [5.41, 5.74) is 0. The molecule has 0 aliphatic rings. The van der Waals surface area contributed by atoms with E-state index in [1.54, 1.807) is 0 Å². The van der Waals surface area contributed by atoms with Crippen molar-refractivity contribution in [2.45, 2.75) is 31.7 Å². The number of ether oxygens (including phenoxy) is 1. The lowest BCUT2D eigenvalue weighted by Crippen LogP contribution is -2.38. The van der Waals surface area contributed by atoms with E-state index in [2.05, 4.69) is 5.32 Å². The zero-order valence-electron chi connectivity index (χ0n) is 12.7. The topological polar surface area (TPSA) is 55.4 Å². The van der Waals surface area contributed by atoms with Gasteiger partial charge in [0.2, 0.25) is 0 Å². The van der Waals surface area contributed by atoms with Gasteiger partial charge in [0.05, 0.1) is 5.75 Å². The van der Waals surface area contributed by atoms with Gasteiger partial charge in [-0.2, -0.15) is 0 Å². The van der Waals surface area contributed by atoms with Crippen molar-refractivity contribution < 1.29 is 23.1 Å². The Labute approximate surface area is 132 Å². The van der Waals surface area contributed by atoms with Gasteiger partial charge in [0.25, 0.3) is 5.91 Å². The first-order chi connectivity index (χ1) is 10.3. The molecule has 1 amide bonds. The summed E-state index contributed by atoms with van der Waals surface area (Å²) in [4.78, 5) is 23.1. The Morgan fingerprint density at radius 3 is 2.59 bits per heavy atom. The second kappa shape index (κ2) is 8.73. The number of thioether (sulfide) groups is 1. The fraction of sp³-hybridized carbons (Fsp3) is 0.467. The summed E-state index contributed by atoms with van der Waals surface area (Å²) in [6, 6.07) is 2.97. The third-order valence-electron chi connectivity index (χ3n) is 2.99. The summed E-state index contributed by atoms with van der Waals surface area (Å²) >= 11 is 0.819. The number of esters is 1. The van der Waals surface area contributed by atoms with Gasteiger partial charge in [-0.15, -0.1) is 11.8 Å². The summed E-state index contributed by atoms with van der Waals surface area (Å²) in [5.74, 6) is -2.18. The molecule has 0 bridgehead atoms. The number of hydrogen-bond donors (Lipinski definition) is 1. The van der Waals surface area contributed by atoms with Crippen LogP contribution >= 0.6 is 11.8 Å². The van der Waals surface area contributed by atoms with E-state index in [1.807, 2.05) is 20.8 Å². The van der Waals surface area contributed by atoms with Crippen molar-refractivity contribution >= 4 is 23.6 Å². The molecule has 1 rings (SSSR count). The van der Waals surface area contributed by atoms with Crippen LogP contribution in [0.2, 0.25) is 0 Å². The summed E-state index contributed by atoms with van der Waals surface area (Å²) in [5, 5.41) is 2.69. The molecule has 122 valence electrons. The van der Waals surface area contributed by atoms with E-state index in [1.165, 1.54) is 0 Å². The average molecular weight is 331 g/mol. The van der Waals surface area contributed by atoms with Crippen molar-refractivity contribution in [2.75, 3.05) is 12.4 Å². The average Bonchev–Trinajstić information content (AvgIpc) is 2.45. The van der Waals surface area contributed by atoms with Gasteiger partial charge in [-0.3, -0.25) is 9.59 Å². The number of hydrogen-bond acceptors (Lipinski definition) is 4. The van der Waals surface area contributed by atoms with Gasteiger partial charge in [0.1, 0.15) is 11.6 Å². The Kier molecular flexibility index (Phi) is 7.31. The predicted molar refractivity (Wildman–Crippen MR) is 80.5 cm³/mol. The molecule has 0 saturated carbocycles. The van der Waals surface area contributed by atoms with Crippen LogP contribution in [0, 0.1) is 17.6 Å². The van der Waals surface area contributed by atoms with E-state index in [0.717, 1.165) is 30.0 Å². The zero-order valence-corrected chi connectivity index (χ0v) is 13.5. The Bertz CT molecular complexity index is 538. The maximum Gasteiger partial charge on any atom is 0.316 e. The first-order valence-electron chi connectivity index (χ1n) is 6.82. The van der Waals surface area contributed by atoms with Crippen LogP contribution in [0.3, 0.4) is 0 Å². The highest BCUT2D eigenvalue weighted by atomic mass is 32.2. The van der Waals surface area contributed by atoms with E-state index in [4.69, 9.17) is 4.74 Å². The van der Waals surface area contributed by atoms with E-state index in [0.29, 0.717) is 0 Å². The normalized spacial score (nSPS) is 12.1. The van der Waals surface area contributed by atoms with Gasteiger partial charge in [0, 0.05) is 10.9 Å². The highest BCUT2D eigenvalue weighted by Gasteiger charge is 2.13. The first-order valence-corrected chi connectivity index (χ1v) is 7.81. The van der Waals surface area contributed by atoms with Crippen molar-refractivity contribution in [1.29, 1.82) is 0 Å². The zero-order chi connectivity index (χ0) is 16.7. The maximum atomic E-state index is 13.3. The molecule has 1 N–H and O–H groups in total. The minimum absolute atomic E-state index is 0.0230. The maximum absolute atomic E-state index is 13.3. The van der Waals surface area contributed by atoms with Crippen LogP contribution < -0.4 is 5.32 Å². The molecule has 0 heterocycles. The number of carbonyl (C=O) groups excluding carboxylic acids is 2. The summed E-state index contributed by atoms with van der Waals surface area (Å²) in [6.07, 6.45) is 0. The molecule has 0 radical (unpaired) electrons. The Morgan fingerprint density at radius 1 is 1.27 bits per heavy atom. The molecule has 0 aromatic heterocycles. The summed E-state index contributed by atoms with van der Waals surface area (Å²) in [7, 11) is 0. The molecule has 0 aliphatic heterocycles. The van der Waals surface area contributed by atoms with Gasteiger partial charge in [-0.25, -0.2) is 8.78 Å². The lowest BCUT2D eigenvalue weighted by atomic mass is 10.1. The molecule has 4 nitrogen and oxygen atoms in total. The highest BCUT2D eigenvalue weighted by Crippen LogP contribution is 2.22. The van der Waals surface area contributed by atoms with Crippen LogP contribution in [0.15, 0.2) is 23.1 Å². The van der Waals surface area contributed by atoms with Gasteiger partial charge in [-0.1, -0.05) is 13.8 Å². The van der Waals surface area contributed by atoms with Gasteiger partial charge in [-0.05, 0) is 31.0 Å². The second-order valence-electron chi connectivity index (χ2n) is 5.12. The van der Waals surface area contributed by atoms with E-state index in [-0.39, 0.29) is 29.2 Å². The van der Waals surface area contributed by atoms with Gasteiger partial charge >= 0.3 is 5.97 Å². The quantitative estimate of drug-likeness (QED) is 0.617. The lowest BCUT2D eigenvalue weighted by molar-refractivity contribution is -0.146. The van der Waals surface area contributed by atoms with Crippen molar-refractivity contribution in [2.24, 2.45) is 5.92 Å². The third kappa shape index (κ3) is 6.43. The van der Waals surface area contributed by atoms with Crippen LogP contribution in [0.25, 0.3) is 0 Å². The van der Waals surface area contributed by atoms with Crippen molar-refractivity contribution in [3.8, 4) is 0 Å². The summed E-state index contributed by atoms with van der Waals surface area (Å²) < 4.78 is 31.1. The van der Waals surface area contributed by atoms with E-state index in [9.17, 15) is 18.4 Å². The Hall–Kier alpha value is -1.63.